The van der Waals surface area contributed by atoms with Gasteiger partial charge in [-0.25, -0.2) is 0 Å². The molecule has 0 aliphatic rings. The zero-order valence-electron chi connectivity index (χ0n) is 9.48. The summed E-state index contributed by atoms with van der Waals surface area (Å²) in [4.78, 5) is 11.7. The lowest BCUT2D eigenvalue weighted by atomic mass is 10.2. The number of anilines is 1. The van der Waals surface area contributed by atoms with Crippen LogP contribution in [0.5, 0.6) is 5.75 Å². The number of nitrogens with two attached hydrogens (primary N) is 1. The monoisotopic (exact) mass is 270 g/mol. The van der Waals surface area contributed by atoms with Crippen LogP contribution in [0.2, 0.25) is 0 Å². The first-order valence-corrected chi connectivity index (χ1v) is 5.19. The van der Waals surface area contributed by atoms with Crippen LogP contribution in [0.1, 0.15) is 5.56 Å². The molecule has 1 aromatic carbocycles. The minimum Gasteiger partial charge on any atom is -0.508 e. The average molecular weight is 270 g/mol. The van der Waals surface area contributed by atoms with E-state index in [2.05, 4.69) is 0 Å². The SMILES string of the molecule is Nc1c(C(F)(F)F)ccc(=O)n1-c1ccc(O)cc1. The Balaban J connectivity index is 2.70. The molecule has 4 nitrogen and oxygen atoms in total. The van der Waals surface area contributed by atoms with E-state index in [0.717, 1.165) is 10.6 Å². The van der Waals surface area contributed by atoms with E-state index >= 15 is 0 Å². The van der Waals surface area contributed by atoms with Crippen molar-refractivity contribution in [2.45, 2.75) is 6.18 Å². The molecule has 0 aliphatic carbocycles. The number of aromatic nitrogens is 1. The third kappa shape index (κ3) is 2.40. The molecular formula is C12H9F3N2O2. The number of hydrogen-bond donors (Lipinski definition) is 2. The van der Waals surface area contributed by atoms with E-state index in [-0.39, 0.29) is 11.4 Å². The van der Waals surface area contributed by atoms with E-state index in [9.17, 15) is 18.0 Å². The van der Waals surface area contributed by atoms with Gasteiger partial charge in [0.15, 0.2) is 0 Å². The van der Waals surface area contributed by atoms with Crippen LogP contribution >= 0.6 is 0 Å². The number of aromatic hydroxyl groups is 1. The number of halogens is 3. The maximum atomic E-state index is 12.7. The first kappa shape index (κ1) is 13.0. The van der Waals surface area contributed by atoms with Crippen LogP contribution < -0.4 is 11.3 Å². The summed E-state index contributed by atoms with van der Waals surface area (Å²) in [7, 11) is 0. The fourth-order valence-corrected chi connectivity index (χ4v) is 1.66. The quantitative estimate of drug-likeness (QED) is 0.834. The van der Waals surface area contributed by atoms with Gasteiger partial charge in [0, 0.05) is 6.07 Å². The maximum absolute atomic E-state index is 12.7. The minimum absolute atomic E-state index is 0.0673. The van der Waals surface area contributed by atoms with Crippen LogP contribution in [0.15, 0.2) is 41.2 Å². The minimum atomic E-state index is -4.64. The molecule has 2 aromatic rings. The van der Waals surface area contributed by atoms with Gasteiger partial charge in [-0.3, -0.25) is 9.36 Å². The standard InChI is InChI=1S/C12H9F3N2O2/c13-12(14,15)9-5-6-10(19)17(11(9)16)7-1-3-8(18)4-2-7/h1-6,18H,16H2. The molecule has 0 aliphatic heterocycles. The molecule has 0 saturated carbocycles. The van der Waals surface area contributed by atoms with Crippen molar-refractivity contribution < 1.29 is 18.3 Å². The van der Waals surface area contributed by atoms with Crippen LogP contribution in [0.25, 0.3) is 5.69 Å². The molecule has 0 radical (unpaired) electrons. The number of rotatable bonds is 1. The summed E-state index contributed by atoms with van der Waals surface area (Å²) in [5.74, 6) is -0.756. The summed E-state index contributed by atoms with van der Waals surface area (Å²) in [6, 6.07) is 6.55. The molecule has 100 valence electrons. The van der Waals surface area contributed by atoms with Gasteiger partial charge in [0.05, 0.1) is 11.3 Å². The number of alkyl halides is 3. The molecular weight excluding hydrogens is 261 g/mol. The Morgan fingerprint density at radius 1 is 1.05 bits per heavy atom. The highest BCUT2D eigenvalue weighted by Gasteiger charge is 2.34. The first-order valence-electron chi connectivity index (χ1n) is 5.19. The molecule has 1 heterocycles. The van der Waals surface area contributed by atoms with E-state index < -0.39 is 23.1 Å². The Bertz CT molecular complexity index is 660. The van der Waals surface area contributed by atoms with Gasteiger partial charge in [-0.1, -0.05) is 0 Å². The molecule has 0 amide bonds. The predicted molar refractivity (Wildman–Crippen MR) is 63.1 cm³/mol. The number of benzene rings is 1. The Morgan fingerprint density at radius 2 is 1.63 bits per heavy atom. The van der Waals surface area contributed by atoms with Gasteiger partial charge in [-0.2, -0.15) is 13.2 Å². The largest absolute Gasteiger partial charge is 0.508 e. The molecule has 2 rings (SSSR count). The van der Waals surface area contributed by atoms with Gasteiger partial charge in [0.1, 0.15) is 11.6 Å². The molecule has 1 aromatic heterocycles. The third-order valence-corrected chi connectivity index (χ3v) is 2.54. The van der Waals surface area contributed by atoms with E-state index in [4.69, 9.17) is 10.8 Å². The number of hydrogen-bond acceptors (Lipinski definition) is 3. The fraction of sp³-hybridized carbons (Fsp3) is 0.0833. The Kier molecular flexibility index (Phi) is 2.97. The van der Waals surface area contributed by atoms with Crippen LogP contribution in [-0.4, -0.2) is 9.67 Å². The van der Waals surface area contributed by atoms with E-state index in [1.165, 1.54) is 24.3 Å². The second-order valence-electron chi connectivity index (χ2n) is 3.82. The second-order valence-corrected chi connectivity index (χ2v) is 3.82. The van der Waals surface area contributed by atoms with Gasteiger partial charge in [-0.15, -0.1) is 0 Å². The third-order valence-electron chi connectivity index (χ3n) is 2.54. The smallest absolute Gasteiger partial charge is 0.419 e. The molecule has 0 spiro atoms. The number of nitrogens with zero attached hydrogens (tertiary/aromatic N) is 1. The van der Waals surface area contributed by atoms with Crippen LogP contribution in [-0.2, 0) is 6.18 Å². The summed E-state index contributed by atoms with van der Waals surface area (Å²) in [6.07, 6.45) is -4.64. The van der Waals surface area contributed by atoms with E-state index in [1.807, 2.05) is 0 Å². The van der Waals surface area contributed by atoms with Gasteiger partial charge in [0.2, 0.25) is 0 Å². The van der Waals surface area contributed by atoms with Crippen molar-refractivity contribution in [1.29, 1.82) is 0 Å². The molecule has 0 bridgehead atoms. The lowest BCUT2D eigenvalue weighted by Gasteiger charge is -2.15. The molecule has 19 heavy (non-hydrogen) atoms. The molecule has 0 unspecified atom stereocenters. The van der Waals surface area contributed by atoms with Gasteiger partial charge < -0.3 is 10.8 Å². The molecule has 3 N–H and O–H groups in total. The van der Waals surface area contributed by atoms with Crippen LogP contribution in [0.3, 0.4) is 0 Å². The number of phenols is 1. The molecule has 0 fully saturated rings. The lowest BCUT2D eigenvalue weighted by molar-refractivity contribution is -0.137. The first-order chi connectivity index (χ1) is 8.80. The zero-order chi connectivity index (χ0) is 14.2. The average Bonchev–Trinajstić information content (AvgIpc) is 2.29. The van der Waals surface area contributed by atoms with Crippen LogP contribution in [0, 0.1) is 0 Å². The maximum Gasteiger partial charge on any atom is 0.419 e. The van der Waals surface area contributed by atoms with Gasteiger partial charge in [-0.05, 0) is 30.3 Å². The van der Waals surface area contributed by atoms with Crippen molar-refractivity contribution in [3.8, 4) is 11.4 Å². The zero-order valence-corrected chi connectivity index (χ0v) is 9.48. The summed E-state index contributed by atoms with van der Waals surface area (Å²) in [6.45, 7) is 0. The summed E-state index contributed by atoms with van der Waals surface area (Å²) in [5.41, 5.74) is 3.80. The molecule has 7 heteroatoms. The van der Waals surface area contributed by atoms with Crippen molar-refractivity contribution in [2.24, 2.45) is 0 Å². The van der Waals surface area contributed by atoms with Crippen molar-refractivity contribution in [1.82, 2.24) is 4.57 Å². The van der Waals surface area contributed by atoms with Crippen molar-refractivity contribution in [3.05, 3.63) is 52.3 Å². The normalized spacial score (nSPS) is 11.5. The topological polar surface area (TPSA) is 68.2 Å². The number of phenolic OH excluding ortho intramolecular Hbond substituents is 1. The Morgan fingerprint density at radius 3 is 2.16 bits per heavy atom. The molecule has 0 atom stereocenters. The highest BCUT2D eigenvalue weighted by molar-refractivity contribution is 5.50. The number of nitrogen functional groups attached to an aromatic ring is 1. The Labute approximate surface area is 105 Å². The van der Waals surface area contributed by atoms with Crippen molar-refractivity contribution in [2.75, 3.05) is 5.73 Å². The van der Waals surface area contributed by atoms with Crippen molar-refractivity contribution in [3.63, 3.8) is 0 Å². The summed E-state index contributed by atoms with van der Waals surface area (Å²) >= 11 is 0. The van der Waals surface area contributed by atoms with Gasteiger partial charge >= 0.3 is 6.18 Å². The van der Waals surface area contributed by atoms with Crippen LogP contribution in [0.4, 0.5) is 19.0 Å². The van der Waals surface area contributed by atoms with E-state index in [1.54, 1.807) is 0 Å². The predicted octanol–water partition coefficient (Wildman–Crippen LogP) is 2.14. The summed E-state index contributed by atoms with van der Waals surface area (Å²) < 4.78 is 38.9. The number of pyridine rings is 1. The highest BCUT2D eigenvalue weighted by Crippen LogP contribution is 2.33. The fourth-order valence-electron chi connectivity index (χ4n) is 1.66. The van der Waals surface area contributed by atoms with Gasteiger partial charge in [0.25, 0.3) is 5.56 Å². The highest BCUT2D eigenvalue weighted by atomic mass is 19.4. The Hall–Kier alpha value is -2.44. The van der Waals surface area contributed by atoms with Crippen molar-refractivity contribution >= 4 is 5.82 Å². The summed E-state index contributed by atoms with van der Waals surface area (Å²) in [5, 5.41) is 9.13. The van der Waals surface area contributed by atoms with E-state index in [0.29, 0.717) is 6.07 Å². The second kappa shape index (κ2) is 4.34. The molecule has 0 saturated heterocycles. The lowest BCUT2D eigenvalue weighted by Crippen LogP contribution is -2.24.